The maximum absolute atomic E-state index is 12.8. The van der Waals surface area contributed by atoms with Crippen molar-refractivity contribution in [3.63, 3.8) is 0 Å². The number of halogens is 4. The van der Waals surface area contributed by atoms with Gasteiger partial charge in [-0.05, 0) is 49.4 Å². The molecule has 1 unspecified atom stereocenters. The van der Waals surface area contributed by atoms with Crippen molar-refractivity contribution in [1.82, 2.24) is 0 Å². The van der Waals surface area contributed by atoms with Gasteiger partial charge >= 0.3 is 12.1 Å². The molecule has 2 rings (SSSR count). The van der Waals surface area contributed by atoms with Crippen LogP contribution in [-0.2, 0) is 15.7 Å². The second-order valence-corrected chi connectivity index (χ2v) is 7.88. The van der Waals surface area contributed by atoms with Crippen LogP contribution < -0.4 is 9.47 Å². The summed E-state index contributed by atoms with van der Waals surface area (Å²) in [6.45, 7) is 3.65. The van der Waals surface area contributed by atoms with E-state index < -0.39 is 23.8 Å². The van der Waals surface area contributed by atoms with Crippen molar-refractivity contribution in [2.24, 2.45) is 0 Å². The number of methoxy groups -OCH3 is 1. The molecule has 2 aromatic carbocycles. The van der Waals surface area contributed by atoms with Gasteiger partial charge in [0.2, 0.25) is 0 Å². The first-order chi connectivity index (χ1) is 14.2. The highest BCUT2D eigenvalue weighted by Gasteiger charge is 2.31. The van der Waals surface area contributed by atoms with Crippen molar-refractivity contribution in [2.75, 3.05) is 12.9 Å². The van der Waals surface area contributed by atoms with Crippen LogP contribution in [0.25, 0.3) is 0 Å². The Hall–Kier alpha value is -2.06. The molecule has 2 aromatic rings. The summed E-state index contributed by atoms with van der Waals surface area (Å²) in [7, 11) is 1.27. The third-order valence-corrected chi connectivity index (χ3v) is 5.43. The van der Waals surface area contributed by atoms with Gasteiger partial charge in [0.15, 0.2) is 6.10 Å². The highest BCUT2D eigenvalue weighted by molar-refractivity contribution is 7.99. The normalized spacial score (nSPS) is 12.4. The predicted molar refractivity (Wildman–Crippen MR) is 111 cm³/mol. The molecule has 0 aliphatic carbocycles. The zero-order chi connectivity index (χ0) is 22.3. The van der Waals surface area contributed by atoms with E-state index in [-0.39, 0.29) is 10.8 Å². The molecule has 0 heterocycles. The number of benzene rings is 2. The Morgan fingerprint density at radius 3 is 2.50 bits per heavy atom. The Morgan fingerprint density at radius 2 is 1.90 bits per heavy atom. The third kappa shape index (κ3) is 6.74. The summed E-state index contributed by atoms with van der Waals surface area (Å²) in [4.78, 5) is 12.5. The van der Waals surface area contributed by atoms with Crippen LogP contribution in [-0.4, -0.2) is 24.9 Å². The van der Waals surface area contributed by atoms with Gasteiger partial charge in [-0.1, -0.05) is 24.9 Å². The van der Waals surface area contributed by atoms with Crippen LogP contribution in [0.4, 0.5) is 13.2 Å². The fourth-order valence-electron chi connectivity index (χ4n) is 2.38. The first-order valence-electron chi connectivity index (χ1n) is 9.21. The lowest BCUT2D eigenvalue weighted by Crippen LogP contribution is -2.25. The topological polar surface area (TPSA) is 44.8 Å². The van der Waals surface area contributed by atoms with E-state index in [9.17, 15) is 18.0 Å². The zero-order valence-corrected chi connectivity index (χ0v) is 18.3. The Balaban J connectivity index is 2.28. The number of hydrogen-bond donors (Lipinski definition) is 0. The summed E-state index contributed by atoms with van der Waals surface area (Å²) in [6.07, 6.45) is -3.29. The van der Waals surface area contributed by atoms with Gasteiger partial charge in [-0.3, -0.25) is 0 Å². The Bertz CT molecular complexity index is 874. The fraction of sp³-hybridized carbons (Fsp3) is 0.381. The molecule has 30 heavy (non-hydrogen) atoms. The summed E-state index contributed by atoms with van der Waals surface area (Å²) in [6, 6.07) is 7.87. The van der Waals surface area contributed by atoms with E-state index in [4.69, 9.17) is 25.8 Å². The minimum absolute atomic E-state index is 0.0722. The van der Waals surface area contributed by atoms with Gasteiger partial charge in [0.1, 0.15) is 17.2 Å². The molecule has 0 radical (unpaired) electrons. The van der Waals surface area contributed by atoms with Crippen LogP contribution in [0.3, 0.4) is 0 Å². The fourth-order valence-corrected chi connectivity index (χ4v) is 3.67. The quantitative estimate of drug-likeness (QED) is 0.228. The molecule has 0 aromatic heterocycles. The number of hydrogen-bond acceptors (Lipinski definition) is 5. The third-order valence-electron chi connectivity index (χ3n) is 3.99. The number of ether oxygens (including phenoxy) is 3. The number of carbonyl (C=O) groups is 1. The summed E-state index contributed by atoms with van der Waals surface area (Å²) in [5.74, 6) is 1.13. The molecule has 4 nitrogen and oxygen atoms in total. The van der Waals surface area contributed by atoms with Crippen molar-refractivity contribution in [1.29, 1.82) is 0 Å². The van der Waals surface area contributed by atoms with E-state index >= 15 is 0 Å². The lowest BCUT2D eigenvalue weighted by Gasteiger charge is -2.17. The highest BCUT2D eigenvalue weighted by atomic mass is 35.5. The minimum atomic E-state index is -4.50. The number of esters is 1. The second-order valence-electron chi connectivity index (χ2n) is 6.34. The molecule has 9 heteroatoms. The molecular weight excluding hydrogens is 441 g/mol. The van der Waals surface area contributed by atoms with Gasteiger partial charge in [-0.15, -0.1) is 11.8 Å². The van der Waals surface area contributed by atoms with E-state index in [1.807, 2.05) is 0 Å². The lowest BCUT2D eigenvalue weighted by molar-refractivity contribution is -0.148. The average molecular weight is 463 g/mol. The second kappa shape index (κ2) is 10.8. The summed E-state index contributed by atoms with van der Waals surface area (Å²) in [5.41, 5.74) is -0.863. The van der Waals surface area contributed by atoms with Crippen LogP contribution in [0.15, 0.2) is 41.3 Å². The molecule has 164 valence electrons. The molecule has 0 aliphatic heterocycles. The molecule has 0 fully saturated rings. The van der Waals surface area contributed by atoms with Gasteiger partial charge in [0, 0.05) is 11.0 Å². The minimum Gasteiger partial charge on any atom is -0.478 e. The first kappa shape index (κ1) is 24.2. The number of rotatable bonds is 9. The van der Waals surface area contributed by atoms with E-state index in [1.54, 1.807) is 36.9 Å². The van der Waals surface area contributed by atoms with Gasteiger partial charge in [-0.2, -0.15) is 13.2 Å². The highest BCUT2D eigenvalue weighted by Crippen LogP contribution is 2.39. The largest absolute Gasteiger partial charge is 0.478 e. The van der Waals surface area contributed by atoms with Gasteiger partial charge in [0.25, 0.3) is 0 Å². The van der Waals surface area contributed by atoms with Crippen LogP contribution >= 0.6 is 23.4 Å². The maximum Gasteiger partial charge on any atom is 0.416 e. The molecule has 0 N–H and O–H groups in total. The van der Waals surface area contributed by atoms with E-state index in [0.717, 1.165) is 41.7 Å². The Morgan fingerprint density at radius 1 is 1.17 bits per heavy atom. The molecule has 1 atom stereocenters. The van der Waals surface area contributed by atoms with Gasteiger partial charge in [-0.25, -0.2) is 4.79 Å². The van der Waals surface area contributed by atoms with E-state index in [2.05, 4.69) is 6.92 Å². The standard InChI is InChI=1S/C21H22ClF3O4S/c1-4-5-10-30-19-9-7-15(12-18(19)28-13(2)20(26)27-3)29-17-8-6-14(11-16(17)22)21(23,24)25/h6-9,11-13H,4-5,10H2,1-3H3. The Kier molecular flexibility index (Phi) is 8.73. The number of unbranched alkanes of at least 4 members (excludes halogenated alkanes) is 1. The van der Waals surface area contributed by atoms with Crippen LogP contribution in [0, 0.1) is 0 Å². The number of alkyl halides is 3. The van der Waals surface area contributed by atoms with Crippen LogP contribution in [0.2, 0.25) is 5.02 Å². The van der Waals surface area contributed by atoms with Crippen molar-refractivity contribution in [3.8, 4) is 17.2 Å². The van der Waals surface area contributed by atoms with Crippen LogP contribution in [0.5, 0.6) is 17.2 Å². The van der Waals surface area contributed by atoms with Crippen molar-refractivity contribution >= 4 is 29.3 Å². The predicted octanol–water partition coefficient (Wildman–Crippen LogP) is 6.98. The summed E-state index contributed by atoms with van der Waals surface area (Å²) in [5, 5.41) is -0.170. The first-order valence-corrected chi connectivity index (χ1v) is 10.6. The van der Waals surface area contributed by atoms with Crippen molar-refractivity contribution in [3.05, 3.63) is 47.0 Å². The van der Waals surface area contributed by atoms with Gasteiger partial charge < -0.3 is 14.2 Å². The van der Waals surface area contributed by atoms with Crippen LogP contribution in [0.1, 0.15) is 32.3 Å². The molecule has 0 spiro atoms. The zero-order valence-electron chi connectivity index (χ0n) is 16.7. The maximum atomic E-state index is 12.8. The average Bonchev–Trinajstić information content (AvgIpc) is 2.69. The van der Waals surface area contributed by atoms with Gasteiger partial charge in [0.05, 0.1) is 17.7 Å². The molecule has 0 bridgehead atoms. The molecule has 0 saturated heterocycles. The summed E-state index contributed by atoms with van der Waals surface area (Å²) >= 11 is 7.54. The lowest BCUT2D eigenvalue weighted by atomic mass is 10.2. The number of carbonyl (C=O) groups excluding carboxylic acids is 1. The molecular formula is C21H22ClF3O4S. The SMILES string of the molecule is CCCCSc1ccc(Oc2ccc(C(F)(F)F)cc2Cl)cc1OC(C)C(=O)OC. The molecule has 0 saturated carbocycles. The number of thioether (sulfide) groups is 1. The smallest absolute Gasteiger partial charge is 0.416 e. The van der Waals surface area contributed by atoms with E-state index in [0.29, 0.717) is 11.5 Å². The summed E-state index contributed by atoms with van der Waals surface area (Å²) < 4.78 is 54.5. The molecule has 0 amide bonds. The molecule has 0 aliphatic rings. The van der Waals surface area contributed by atoms with Crippen molar-refractivity contribution < 1.29 is 32.2 Å². The van der Waals surface area contributed by atoms with E-state index in [1.165, 1.54) is 7.11 Å². The monoisotopic (exact) mass is 462 g/mol. The van der Waals surface area contributed by atoms with Crippen molar-refractivity contribution in [2.45, 2.75) is 43.9 Å². The Labute approximate surface area is 182 Å².